The third-order valence-electron chi connectivity index (χ3n) is 2.68. The summed E-state index contributed by atoms with van der Waals surface area (Å²) >= 11 is 3.34. The maximum atomic E-state index is 13.4. The highest BCUT2D eigenvalue weighted by Gasteiger charge is 2.26. The minimum atomic E-state index is -0.182. The van der Waals surface area contributed by atoms with Gasteiger partial charge >= 0.3 is 0 Å². The van der Waals surface area contributed by atoms with E-state index in [1.165, 1.54) is 6.07 Å². The molecule has 14 heavy (non-hydrogen) atoms. The lowest BCUT2D eigenvalue weighted by Crippen LogP contribution is -2.34. The highest BCUT2D eigenvalue weighted by molar-refractivity contribution is 9.10. The summed E-state index contributed by atoms with van der Waals surface area (Å²) in [5.41, 5.74) is 0.601. The molecule has 0 bridgehead atoms. The molecule has 1 aromatic carbocycles. The van der Waals surface area contributed by atoms with E-state index in [2.05, 4.69) is 28.2 Å². The molecule has 0 amide bonds. The lowest BCUT2D eigenvalue weighted by molar-refractivity contribution is 0.308. The minimum absolute atomic E-state index is 0.182. The number of halogens is 2. The first-order valence-electron chi connectivity index (χ1n) is 4.87. The Kier molecular flexibility index (Phi) is 2.77. The minimum Gasteiger partial charge on any atom is -0.379 e. The van der Waals surface area contributed by atoms with Crippen LogP contribution in [0, 0.1) is 11.7 Å². The van der Waals surface area contributed by atoms with Gasteiger partial charge in [-0.25, -0.2) is 4.39 Å². The quantitative estimate of drug-likeness (QED) is 0.850. The Morgan fingerprint density at radius 1 is 1.43 bits per heavy atom. The SMILES string of the molecule is CC1CC(Nc2c(F)cccc2Br)C1. The van der Waals surface area contributed by atoms with Gasteiger partial charge in [0, 0.05) is 10.5 Å². The maximum absolute atomic E-state index is 13.4. The highest BCUT2D eigenvalue weighted by Crippen LogP contribution is 2.33. The molecule has 2 rings (SSSR count). The number of hydrogen-bond donors (Lipinski definition) is 1. The second-order valence-electron chi connectivity index (χ2n) is 4.01. The average molecular weight is 258 g/mol. The fourth-order valence-electron chi connectivity index (χ4n) is 1.86. The van der Waals surface area contributed by atoms with E-state index < -0.39 is 0 Å². The van der Waals surface area contributed by atoms with Crippen molar-refractivity contribution >= 4 is 21.6 Å². The van der Waals surface area contributed by atoms with Crippen LogP contribution in [-0.4, -0.2) is 6.04 Å². The van der Waals surface area contributed by atoms with Gasteiger partial charge in [-0.1, -0.05) is 13.0 Å². The number of nitrogens with one attached hydrogen (secondary N) is 1. The van der Waals surface area contributed by atoms with Crippen molar-refractivity contribution in [3.05, 3.63) is 28.5 Å². The monoisotopic (exact) mass is 257 g/mol. The third-order valence-corrected chi connectivity index (χ3v) is 3.35. The standard InChI is InChI=1S/C11H13BrFN/c1-7-5-8(6-7)14-11-9(12)3-2-4-10(11)13/h2-4,7-8,14H,5-6H2,1H3. The Morgan fingerprint density at radius 3 is 2.71 bits per heavy atom. The summed E-state index contributed by atoms with van der Waals surface area (Å²) in [6, 6.07) is 5.48. The van der Waals surface area contributed by atoms with Gasteiger partial charge in [-0.2, -0.15) is 0 Å². The zero-order valence-corrected chi connectivity index (χ0v) is 9.64. The Bertz CT molecular complexity index is 314. The summed E-state index contributed by atoms with van der Waals surface area (Å²) < 4.78 is 14.2. The molecule has 0 spiro atoms. The largest absolute Gasteiger partial charge is 0.379 e. The zero-order valence-electron chi connectivity index (χ0n) is 8.06. The fourth-order valence-corrected chi connectivity index (χ4v) is 2.32. The second-order valence-corrected chi connectivity index (χ2v) is 4.87. The summed E-state index contributed by atoms with van der Waals surface area (Å²) in [6.45, 7) is 2.22. The van der Waals surface area contributed by atoms with Crippen molar-refractivity contribution in [2.75, 3.05) is 5.32 Å². The van der Waals surface area contributed by atoms with Gasteiger partial charge in [0.1, 0.15) is 5.82 Å². The van der Waals surface area contributed by atoms with Crippen LogP contribution < -0.4 is 5.32 Å². The molecule has 0 unspecified atom stereocenters. The molecule has 0 aliphatic heterocycles. The van der Waals surface area contributed by atoms with Crippen molar-refractivity contribution in [3.8, 4) is 0 Å². The van der Waals surface area contributed by atoms with E-state index in [1.807, 2.05) is 6.07 Å². The predicted molar refractivity (Wildman–Crippen MR) is 59.9 cm³/mol. The Balaban J connectivity index is 2.09. The van der Waals surface area contributed by atoms with Crippen LogP contribution in [0.1, 0.15) is 19.8 Å². The Morgan fingerprint density at radius 2 is 2.14 bits per heavy atom. The van der Waals surface area contributed by atoms with Crippen molar-refractivity contribution < 1.29 is 4.39 Å². The molecular weight excluding hydrogens is 245 g/mol. The summed E-state index contributed by atoms with van der Waals surface area (Å²) in [6.07, 6.45) is 2.28. The molecular formula is C11H13BrFN. The van der Waals surface area contributed by atoms with Gasteiger partial charge in [-0.05, 0) is 46.8 Å². The topological polar surface area (TPSA) is 12.0 Å². The smallest absolute Gasteiger partial charge is 0.147 e. The molecule has 0 aromatic heterocycles. The van der Waals surface area contributed by atoms with Gasteiger partial charge < -0.3 is 5.32 Å². The molecule has 1 aliphatic carbocycles. The van der Waals surface area contributed by atoms with Crippen LogP contribution in [-0.2, 0) is 0 Å². The van der Waals surface area contributed by atoms with E-state index in [-0.39, 0.29) is 5.82 Å². The summed E-state index contributed by atoms with van der Waals surface area (Å²) in [5, 5.41) is 3.22. The van der Waals surface area contributed by atoms with Gasteiger partial charge in [-0.3, -0.25) is 0 Å². The van der Waals surface area contributed by atoms with Crippen molar-refractivity contribution in [1.29, 1.82) is 0 Å². The first-order valence-corrected chi connectivity index (χ1v) is 5.66. The van der Waals surface area contributed by atoms with Gasteiger partial charge in [0.2, 0.25) is 0 Å². The van der Waals surface area contributed by atoms with Crippen molar-refractivity contribution in [1.82, 2.24) is 0 Å². The normalized spacial score (nSPS) is 25.6. The molecule has 1 fully saturated rings. The second kappa shape index (κ2) is 3.89. The van der Waals surface area contributed by atoms with Gasteiger partial charge in [0.25, 0.3) is 0 Å². The molecule has 0 saturated heterocycles. The third kappa shape index (κ3) is 1.92. The van der Waals surface area contributed by atoms with Crippen LogP contribution in [0.25, 0.3) is 0 Å². The zero-order chi connectivity index (χ0) is 10.1. The lowest BCUT2D eigenvalue weighted by Gasteiger charge is -2.34. The van der Waals surface area contributed by atoms with Crippen LogP contribution in [0.5, 0.6) is 0 Å². The first-order chi connectivity index (χ1) is 6.66. The van der Waals surface area contributed by atoms with Crippen molar-refractivity contribution in [3.63, 3.8) is 0 Å². The number of anilines is 1. The molecule has 76 valence electrons. The van der Waals surface area contributed by atoms with Gasteiger partial charge in [0.15, 0.2) is 0 Å². The Hall–Kier alpha value is -0.570. The predicted octanol–water partition coefficient (Wildman–Crippen LogP) is 3.80. The van der Waals surface area contributed by atoms with Gasteiger partial charge in [-0.15, -0.1) is 0 Å². The molecule has 1 aliphatic rings. The van der Waals surface area contributed by atoms with E-state index in [0.717, 1.165) is 23.2 Å². The van der Waals surface area contributed by atoms with E-state index >= 15 is 0 Å². The molecule has 0 heterocycles. The molecule has 0 radical (unpaired) electrons. The molecule has 1 N–H and O–H groups in total. The summed E-state index contributed by atoms with van der Waals surface area (Å²) in [4.78, 5) is 0. The summed E-state index contributed by atoms with van der Waals surface area (Å²) in [5.74, 6) is 0.594. The van der Waals surface area contributed by atoms with Crippen LogP contribution in [0.3, 0.4) is 0 Å². The van der Waals surface area contributed by atoms with E-state index in [1.54, 1.807) is 6.07 Å². The van der Waals surface area contributed by atoms with Crippen molar-refractivity contribution in [2.45, 2.75) is 25.8 Å². The van der Waals surface area contributed by atoms with Crippen molar-refractivity contribution in [2.24, 2.45) is 5.92 Å². The molecule has 1 saturated carbocycles. The van der Waals surface area contributed by atoms with E-state index in [4.69, 9.17) is 0 Å². The fraction of sp³-hybridized carbons (Fsp3) is 0.455. The van der Waals surface area contributed by atoms with Gasteiger partial charge in [0.05, 0.1) is 5.69 Å². The van der Waals surface area contributed by atoms with Crippen LogP contribution in [0.2, 0.25) is 0 Å². The lowest BCUT2D eigenvalue weighted by atomic mass is 9.82. The number of benzene rings is 1. The maximum Gasteiger partial charge on any atom is 0.147 e. The Labute approximate surface area is 91.8 Å². The summed E-state index contributed by atoms with van der Waals surface area (Å²) in [7, 11) is 0. The highest BCUT2D eigenvalue weighted by atomic mass is 79.9. The molecule has 1 nitrogen and oxygen atoms in total. The average Bonchev–Trinajstić information content (AvgIpc) is 2.08. The van der Waals surface area contributed by atoms with Crippen LogP contribution in [0.4, 0.5) is 10.1 Å². The molecule has 0 atom stereocenters. The van der Waals surface area contributed by atoms with E-state index in [0.29, 0.717) is 11.7 Å². The van der Waals surface area contributed by atoms with Crippen LogP contribution >= 0.6 is 15.9 Å². The van der Waals surface area contributed by atoms with E-state index in [9.17, 15) is 4.39 Å². The van der Waals surface area contributed by atoms with Crippen LogP contribution in [0.15, 0.2) is 22.7 Å². The number of para-hydroxylation sites is 1. The first kappa shape index (κ1) is 9.97. The molecule has 1 aromatic rings. The number of rotatable bonds is 2. The molecule has 3 heteroatoms. The number of hydrogen-bond acceptors (Lipinski definition) is 1.